The second kappa shape index (κ2) is 5.64. The van der Waals surface area contributed by atoms with Crippen LogP contribution in [0.25, 0.3) is 0 Å². The van der Waals surface area contributed by atoms with E-state index >= 15 is 0 Å². The standard InChI is InChI=1S/C13H9BrFNO2/c14-9-6-7-11(15)12(8-9)16-13(17)18-10-4-2-1-3-5-10/h1-8H,(H,16,17). The van der Waals surface area contributed by atoms with Crippen molar-refractivity contribution in [3.05, 3.63) is 58.8 Å². The van der Waals surface area contributed by atoms with Crippen molar-refractivity contribution in [2.45, 2.75) is 0 Å². The summed E-state index contributed by atoms with van der Waals surface area (Å²) in [5.41, 5.74) is 0.0605. The van der Waals surface area contributed by atoms with Crippen LogP contribution in [-0.2, 0) is 0 Å². The Hall–Kier alpha value is -1.88. The molecule has 1 amide bonds. The fourth-order valence-electron chi connectivity index (χ4n) is 1.32. The Labute approximate surface area is 112 Å². The zero-order chi connectivity index (χ0) is 13.0. The lowest BCUT2D eigenvalue weighted by atomic mass is 10.3. The van der Waals surface area contributed by atoms with E-state index in [0.717, 1.165) is 0 Å². The Morgan fingerprint density at radius 1 is 1.17 bits per heavy atom. The first-order valence-corrected chi connectivity index (χ1v) is 5.93. The summed E-state index contributed by atoms with van der Waals surface area (Å²) in [6.45, 7) is 0. The summed E-state index contributed by atoms with van der Waals surface area (Å²) in [4.78, 5) is 11.5. The van der Waals surface area contributed by atoms with E-state index in [2.05, 4.69) is 21.2 Å². The topological polar surface area (TPSA) is 38.3 Å². The van der Waals surface area contributed by atoms with Crippen LogP contribution < -0.4 is 10.1 Å². The van der Waals surface area contributed by atoms with Gasteiger partial charge in [0.2, 0.25) is 0 Å². The van der Waals surface area contributed by atoms with E-state index in [1.165, 1.54) is 12.1 Å². The molecule has 0 atom stereocenters. The molecule has 0 aliphatic rings. The molecule has 0 bridgehead atoms. The number of amides is 1. The number of hydrogen-bond donors (Lipinski definition) is 1. The minimum atomic E-state index is -0.738. The molecule has 0 aliphatic carbocycles. The summed E-state index contributed by atoms with van der Waals surface area (Å²) in [6.07, 6.45) is -0.738. The highest BCUT2D eigenvalue weighted by Crippen LogP contribution is 2.20. The van der Waals surface area contributed by atoms with E-state index in [-0.39, 0.29) is 5.69 Å². The van der Waals surface area contributed by atoms with Crippen LogP contribution in [0.2, 0.25) is 0 Å². The van der Waals surface area contributed by atoms with Crippen molar-refractivity contribution < 1.29 is 13.9 Å². The number of hydrogen-bond acceptors (Lipinski definition) is 2. The molecule has 18 heavy (non-hydrogen) atoms. The van der Waals surface area contributed by atoms with Gasteiger partial charge in [0.1, 0.15) is 11.6 Å². The predicted octanol–water partition coefficient (Wildman–Crippen LogP) is 4.20. The quantitative estimate of drug-likeness (QED) is 0.903. The average molecular weight is 310 g/mol. The number of rotatable bonds is 2. The number of halogens is 2. The Morgan fingerprint density at radius 2 is 1.89 bits per heavy atom. The maximum atomic E-state index is 13.4. The van der Waals surface area contributed by atoms with Crippen molar-refractivity contribution in [1.82, 2.24) is 0 Å². The molecule has 0 heterocycles. The summed E-state index contributed by atoms with van der Waals surface area (Å²) in [7, 11) is 0. The lowest BCUT2D eigenvalue weighted by Gasteiger charge is -2.07. The molecule has 92 valence electrons. The third-order valence-electron chi connectivity index (χ3n) is 2.12. The SMILES string of the molecule is O=C(Nc1cc(Br)ccc1F)Oc1ccccc1. The molecule has 0 saturated carbocycles. The van der Waals surface area contributed by atoms with Crippen LogP contribution in [0.5, 0.6) is 5.75 Å². The third kappa shape index (κ3) is 3.30. The number of carbonyl (C=O) groups excluding carboxylic acids is 1. The van der Waals surface area contributed by atoms with Crippen molar-refractivity contribution in [2.24, 2.45) is 0 Å². The van der Waals surface area contributed by atoms with E-state index in [1.54, 1.807) is 36.4 Å². The minimum absolute atomic E-state index is 0.0605. The van der Waals surface area contributed by atoms with Gasteiger partial charge in [-0.2, -0.15) is 0 Å². The van der Waals surface area contributed by atoms with Gasteiger partial charge in [-0.15, -0.1) is 0 Å². The maximum absolute atomic E-state index is 13.4. The van der Waals surface area contributed by atoms with Crippen molar-refractivity contribution in [2.75, 3.05) is 5.32 Å². The molecule has 0 spiro atoms. The molecule has 2 aromatic rings. The van der Waals surface area contributed by atoms with Gasteiger partial charge in [0, 0.05) is 4.47 Å². The van der Waals surface area contributed by atoms with Gasteiger partial charge in [-0.1, -0.05) is 34.1 Å². The van der Waals surface area contributed by atoms with Gasteiger partial charge in [-0.3, -0.25) is 5.32 Å². The maximum Gasteiger partial charge on any atom is 0.417 e. The monoisotopic (exact) mass is 309 g/mol. The first-order chi connectivity index (χ1) is 8.65. The fraction of sp³-hybridized carbons (Fsp3) is 0. The van der Waals surface area contributed by atoms with E-state index in [1.807, 2.05) is 0 Å². The van der Waals surface area contributed by atoms with E-state index in [9.17, 15) is 9.18 Å². The highest BCUT2D eigenvalue weighted by atomic mass is 79.9. The summed E-state index contributed by atoms with van der Waals surface area (Å²) < 4.78 is 19.0. The summed E-state index contributed by atoms with van der Waals surface area (Å²) >= 11 is 3.19. The number of nitrogens with one attached hydrogen (secondary N) is 1. The molecule has 0 aromatic heterocycles. The average Bonchev–Trinajstić information content (AvgIpc) is 2.35. The van der Waals surface area contributed by atoms with Crippen LogP contribution in [0, 0.1) is 5.82 Å². The Morgan fingerprint density at radius 3 is 2.61 bits per heavy atom. The number of carbonyl (C=O) groups is 1. The largest absolute Gasteiger partial charge is 0.417 e. The molecule has 0 aliphatic heterocycles. The molecule has 0 fully saturated rings. The second-order valence-electron chi connectivity index (χ2n) is 3.45. The van der Waals surface area contributed by atoms with Gasteiger partial charge in [-0.25, -0.2) is 9.18 Å². The van der Waals surface area contributed by atoms with Crippen LogP contribution in [0.1, 0.15) is 0 Å². The van der Waals surface area contributed by atoms with Crippen LogP contribution in [0.4, 0.5) is 14.9 Å². The van der Waals surface area contributed by atoms with Gasteiger partial charge >= 0.3 is 6.09 Å². The number of para-hydroxylation sites is 1. The smallest absolute Gasteiger partial charge is 0.410 e. The van der Waals surface area contributed by atoms with Crippen molar-refractivity contribution in [3.63, 3.8) is 0 Å². The number of benzene rings is 2. The van der Waals surface area contributed by atoms with Crippen molar-refractivity contribution in [1.29, 1.82) is 0 Å². The molecule has 2 aromatic carbocycles. The molecule has 1 N–H and O–H groups in total. The summed E-state index contributed by atoms with van der Waals surface area (Å²) in [5.74, 6) is -0.131. The highest BCUT2D eigenvalue weighted by molar-refractivity contribution is 9.10. The second-order valence-corrected chi connectivity index (χ2v) is 4.37. The van der Waals surface area contributed by atoms with Crippen LogP contribution >= 0.6 is 15.9 Å². The molecule has 0 unspecified atom stereocenters. The fourth-order valence-corrected chi connectivity index (χ4v) is 1.69. The lowest BCUT2D eigenvalue weighted by molar-refractivity contribution is 0.215. The van der Waals surface area contributed by atoms with Crippen LogP contribution in [0.3, 0.4) is 0 Å². The van der Waals surface area contributed by atoms with E-state index in [4.69, 9.17) is 4.74 Å². The number of ether oxygens (including phenoxy) is 1. The predicted molar refractivity (Wildman–Crippen MR) is 70.2 cm³/mol. The third-order valence-corrected chi connectivity index (χ3v) is 2.61. The van der Waals surface area contributed by atoms with Crippen LogP contribution in [0.15, 0.2) is 53.0 Å². The molecular weight excluding hydrogens is 301 g/mol. The van der Waals surface area contributed by atoms with Gasteiger partial charge in [-0.05, 0) is 30.3 Å². The van der Waals surface area contributed by atoms with E-state index in [0.29, 0.717) is 10.2 Å². The minimum Gasteiger partial charge on any atom is -0.410 e. The number of anilines is 1. The lowest BCUT2D eigenvalue weighted by Crippen LogP contribution is -2.17. The molecule has 0 radical (unpaired) electrons. The van der Waals surface area contributed by atoms with Crippen molar-refractivity contribution in [3.8, 4) is 5.75 Å². The molecule has 2 rings (SSSR count). The Bertz CT molecular complexity index is 560. The summed E-state index contributed by atoms with van der Waals surface area (Å²) in [5, 5.41) is 2.33. The first-order valence-electron chi connectivity index (χ1n) is 5.14. The highest BCUT2D eigenvalue weighted by Gasteiger charge is 2.09. The van der Waals surface area contributed by atoms with Gasteiger partial charge in [0.05, 0.1) is 5.69 Å². The van der Waals surface area contributed by atoms with Gasteiger partial charge in [0.25, 0.3) is 0 Å². The first kappa shape index (κ1) is 12.6. The Balaban J connectivity index is 2.05. The zero-order valence-corrected chi connectivity index (χ0v) is 10.8. The Kier molecular flexibility index (Phi) is 3.94. The molecule has 3 nitrogen and oxygen atoms in total. The normalized spacial score (nSPS) is 9.89. The molecule has 0 saturated heterocycles. The summed E-state index contributed by atoms with van der Waals surface area (Å²) in [6, 6.07) is 12.8. The molecular formula is C13H9BrFNO2. The van der Waals surface area contributed by atoms with E-state index < -0.39 is 11.9 Å². The molecule has 5 heteroatoms. The van der Waals surface area contributed by atoms with Crippen LogP contribution in [-0.4, -0.2) is 6.09 Å². The van der Waals surface area contributed by atoms with Crippen molar-refractivity contribution >= 4 is 27.7 Å². The zero-order valence-electron chi connectivity index (χ0n) is 9.19. The van der Waals surface area contributed by atoms with Gasteiger partial charge < -0.3 is 4.74 Å². The van der Waals surface area contributed by atoms with Gasteiger partial charge in [0.15, 0.2) is 0 Å².